The number of carbonyl (C=O) groups excluding carboxylic acids is 2. The standard InChI is InChI=1S/C20H22N2O3/c1-14-6-5-7-16(12-14)13-21-19(23)10-11-22-17-8-3-4-9-18(17)25-15(2)20(22)24/h3-9,12,15H,10-11,13H2,1-2H3,(H,21,23). The number of aryl methyl sites for hydroxylation is 1. The maximum absolute atomic E-state index is 12.4. The average molecular weight is 338 g/mol. The fourth-order valence-electron chi connectivity index (χ4n) is 2.91. The summed E-state index contributed by atoms with van der Waals surface area (Å²) in [6.45, 7) is 4.57. The maximum atomic E-state index is 12.4. The third kappa shape index (κ3) is 3.99. The van der Waals surface area contributed by atoms with E-state index in [1.807, 2.05) is 55.5 Å². The fourth-order valence-corrected chi connectivity index (χ4v) is 2.91. The molecule has 5 heteroatoms. The van der Waals surface area contributed by atoms with Gasteiger partial charge in [0.25, 0.3) is 5.91 Å². The number of para-hydroxylation sites is 2. The van der Waals surface area contributed by atoms with Crippen molar-refractivity contribution in [1.29, 1.82) is 0 Å². The average Bonchev–Trinajstić information content (AvgIpc) is 2.60. The molecule has 1 heterocycles. The van der Waals surface area contributed by atoms with Crippen LogP contribution in [-0.2, 0) is 16.1 Å². The van der Waals surface area contributed by atoms with Gasteiger partial charge in [-0.3, -0.25) is 9.59 Å². The van der Waals surface area contributed by atoms with Gasteiger partial charge in [-0.05, 0) is 31.5 Å². The monoisotopic (exact) mass is 338 g/mol. The van der Waals surface area contributed by atoms with E-state index in [0.29, 0.717) is 18.8 Å². The van der Waals surface area contributed by atoms with Crippen LogP contribution in [0.4, 0.5) is 5.69 Å². The lowest BCUT2D eigenvalue weighted by Gasteiger charge is -2.32. The molecule has 2 aromatic carbocycles. The molecule has 0 radical (unpaired) electrons. The minimum atomic E-state index is -0.537. The Bertz CT molecular complexity index is 788. The van der Waals surface area contributed by atoms with Crippen molar-refractivity contribution in [3.8, 4) is 5.75 Å². The van der Waals surface area contributed by atoms with Gasteiger partial charge in [0.05, 0.1) is 5.69 Å². The molecule has 0 aliphatic carbocycles. The lowest BCUT2D eigenvalue weighted by molar-refractivity contribution is -0.125. The second-order valence-corrected chi connectivity index (χ2v) is 6.23. The number of carbonyl (C=O) groups is 2. The summed E-state index contributed by atoms with van der Waals surface area (Å²) >= 11 is 0. The molecule has 0 spiro atoms. The van der Waals surface area contributed by atoms with Crippen LogP contribution in [0.1, 0.15) is 24.5 Å². The minimum Gasteiger partial charge on any atom is -0.479 e. The normalized spacial score (nSPS) is 16.2. The van der Waals surface area contributed by atoms with Gasteiger partial charge in [0.2, 0.25) is 5.91 Å². The van der Waals surface area contributed by atoms with Crippen LogP contribution in [0.5, 0.6) is 5.75 Å². The Labute approximate surface area is 147 Å². The zero-order chi connectivity index (χ0) is 17.8. The van der Waals surface area contributed by atoms with Crippen molar-refractivity contribution in [3.05, 3.63) is 59.7 Å². The van der Waals surface area contributed by atoms with Crippen LogP contribution in [0.15, 0.2) is 48.5 Å². The molecule has 0 aromatic heterocycles. The zero-order valence-electron chi connectivity index (χ0n) is 14.5. The van der Waals surface area contributed by atoms with Crippen LogP contribution < -0.4 is 15.0 Å². The predicted octanol–water partition coefficient (Wildman–Crippen LogP) is 2.82. The van der Waals surface area contributed by atoms with Crippen molar-refractivity contribution in [1.82, 2.24) is 5.32 Å². The Hall–Kier alpha value is -2.82. The van der Waals surface area contributed by atoms with Crippen molar-refractivity contribution in [2.24, 2.45) is 0 Å². The molecular weight excluding hydrogens is 316 g/mol. The number of nitrogens with zero attached hydrogens (tertiary/aromatic N) is 1. The summed E-state index contributed by atoms with van der Waals surface area (Å²) in [5.74, 6) is 0.478. The minimum absolute atomic E-state index is 0.0778. The Morgan fingerprint density at radius 3 is 2.80 bits per heavy atom. The van der Waals surface area contributed by atoms with Crippen molar-refractivity contribution < 1.29 is 14.3 Å². The van der Waals surface area contributed by atoms with Gasteiger partial charge in [-0.15, -0.1) is 0 Å². The number of fused-ring (bicyclic) bond motifs is 1. The molecule has 1 atom stereocenters. The van der Waals surface area contributed by atoms with Crippen LogP contribution in [0, 0.1) is 6.92 Å². The number of benzene rings is 2. The second-order valence-electron chi connectivity index (χ2n) is 6.23. The Morgan fingerprint density at radius 1 is 1.20 bits per heavy atom. The number of anilines is 1. The van der Waals surface area contributed by atoms with Crippen LogP contribution in [-0.4, -0.2) is 24.5 Å². The zero-order valence-corrected chi connectivity index (χ0v) is 14.5. The van der Waals surface area contributed by atoms with Crippen molar-refractivity contribution in [2.75, 3.05) is 11.4 Å². The molecule has 2 aromatic rings. The van der Waals surface area contributed by atoms with E-state index < -0.39 is 6.10 Å². The van der Waals surface area contributed by atoms with Gasteiger partial charge in [-0.1, -0.05) is 42.0 Å². The molecule has 1 unspecified atom stereocenters. The highest BCUT2D eigenvalue weighted by Crippen LogP contribution is 2.33. The first kappa shape index (κ1) is 17.0. The van der Waals surface area contributed by atoms with E-state index in [9.17, 15) is 9.59 Å². The van der Waals surface area contributed by atoms with E-state index in [2.05, 4.69) is 5.32 Å². The number of rotatable bonds is 5. The molecule has 3 rings (SSSR count). The van der Waals surface area contributed by atoms with E-state index in [1.165, 1.54) is 0 Å². The van der Waals surface area contributed by atoms with Crippen LogP contribution in [0.2, 0.25) is 0 Å². The summed E-state index contributed by atoms with van der Waals surface area (Å²) in [4.78, 5) is 26.2. The molecule has 130 valence electrons. The number of hydrogen-bond donors (Lipinski definition) is 1. The summed E-state index contributed by atoms with van der Waals surface area (Å²) in [7, 11) is 0. The van der Waals surface area contributed by atoms with E-state index in [1.54, 1.807) is 11.8 Å². The second kappa shape index (κ2) is 7.38. The predicted molar refractivity (Wildman–Crippen MR) is 96.5 cm³/mol. The summed E-state index contributed by atoms with van der Waals surface area (Å²) in [6, 6.07) is 15.4. The van der Waals surface area contributed by atoms with Crippen LogP contribution in [0.3, 0.4) is 0 Å². The molecular formula is C20H22N2O3. The van der Waals surface area contributed by atoms with Crippen LogP contribution >= 0.6 is 0 Å². The lowest BCUT2D eigenvalue weighted by atomic mass is 10.1. The first-order valence-corrected chi connectivity index (χ1v) is 8.44. The number of ether oxygens (including phenoxy) is 1. The molecule has 2 amide bonds. The summed E-state index contributed by atoms with van der Waals surface area (Å²) < 4.78 is 5.61. The fraction of sp³-hybridized carbons (Fsp3) is 0.300. The van der Waals surface area contributed by atoms with Crippen molar-refractivity contribution in [3.63, 3.8) is 0 Å². The molecule has 1 aliphatic heterocycles. The van der Waals surface area contributed by atoms with E-state index in [4.69, 9.17) is 4.74 Å². The molecule has 5 nitrogen and oxygen atoms in total. The molecule has 0 fully saturated rings. The molecule has 0 saturated carbocycles. The van der Waals surface area contributed by atoms with E-state index >= 15 is 0 Å². The third-order valence-corrected chi connectivity index (χ3v) is 4.21. The van der Waals surface area contributed by atoms with Crippen molar-refractivity contribution >= 4 is 17.5 Å². The highest BCUT2D eigenvalue weighted by Gasteiger charge is 2.31. The number of amides is 2. The topological polar surface area (TPSA) is 58.6 Å². The quantitative estimate of drug-likeness (QED) is 0.912. The van der Waals surface area contributed by atoms with Gasteiger partial charge in [0.15, 0.2) is 6.10 Å². The van der Waals surface area contributed by atoms with Crippen molar-refractivity contribution in [2.45, 2.75) is 32.9 Å². The smallest absolute Gasteiger partial charge is 0.267 e. The summed E-state index contributed by atoms with van der Waals surface area (Å²) in [5, 5.41) is 2.91. The Balaban J connectivity index is 1.59. The SMILES string of the molecule is Cc1cccc(CNC(=O)CCN2C(=O)C(C)Oc3ccccc32)c1. The summed E-state index contributed by atoms with van der Waals surface area (Å²) in [6.07, 6.45) is -0.288. The van der Waals surface area contributed by atoms with Gasteiger partial charge in [0, 0.05) is 19.5 Å². The highest BCUT2D eigenvalue weighted by molar-refractivity contribution is 6.00. The number of nitrogens with one attached hydrogen (secondary N) is 1. The van der Waals surface area contributed by atoms with Gasteiger partial charge >= 0.3 is 0 Å². The number of hydrogen-bond acceptors (Lipinski definition) is 3. The third-order valence-electron chi connectivity index (χ3n) is 4.21. The summed E-state index contributed by atoms with van der Waals surface area (Å²) in [5.41, 5.74) is 2.95. The molecule has 1 aliphatic rings. The van der Waals surface area contributed by atoms with Crippen LogP contribution in [0.25, 0.3) is 0 Å². The molecule has 1 N–H and O–H groups in total. The Kier molecular flexibility index (Phi) is 5.03. The van der Waals surface area contributed by atoms with Gasteiger partial charge in [-0.2, -0.15) is 0 Å². The van der Waals surface area contributed by atoms with Gasteiger partial charge in [-0.25, -0.2) is 0 Å². The molecule has 0 saturated heterocycles. The van der Waals surface area contributed by atoms with Gasteiger partial charge in [0.1, 0.15) is 5.75 Å². The van der Waals surface area contributed by atoms with E-state index in [0.717, 1.165) is 16.8 Å². The molecule has 0 bridgehead atoms. The largest absolute Gasteiger partial charge is 0.479 e. The maximum Gasteiger partial charge on any atom is 0.267 e. The molecule has 25 heavy (non-hydrogen) atoms. The highest BCUT2D eigenvalue weighted by atomic mass is 16.5. The lowest BCUT2D eigenvalue weighted by Crippen LogP contribution is -2.45. The first-order chi connectivity index (χ1) is 12.0. The van der Waals surface area contributed by atoms with Gasteiger partial charge < -0.3 is 15.0 Å². The van der Waals surface area contributed by atoms with E-state index in [-0.39, 0.29) is 18.2 Å². The first-order valence-electron chi connectivity index (χ1n) is 8.44. The Morgan fingerprint density at radius 2 is 2.00 bits per heavy atom.